The van der Waals surface area contributed by atoms with Crippen LogP contribution in [0.5, 0.6) is 5.75 Å². The molecule has 1 N–H and O–H groups in total. The first-order valence-corrected chi connectivity index (χ1v) is 14.3. The summed E-state index contributed by atoms with van der Waals surface area (Å²) in [6.07, 6.45) is 9.31. The number of carbonyl (C=O) groups excluding carboxylic acids is 1. The van der Waals surface area contributed by atoms with Crippen LogP contribution in [0.1, 0.15) is 87.6 Å². The minimum atomic E-state index is -0.0583. The molecule has 4 atom stereocenters. The number of carbonyl (C=O) groups is 1. The van der Waals surface area contributed by atoms with Gasteiger partial charge in [0.2, 0.25) is 0 Å². The first kappa shape index (κ1) is 25.1. The van der Waals surface area contributed by atoms with E-state index in [2.05, 4.69) is 65.4 Å². The first-order chi connectivity index (χ1) is 17.6. The van der Waals surface area contributed by atoms with Crippen LogP contribution < -0.4 is 10.1 Å². The maximum absolute atomic E-state index is 13.6. The second-order valence-corrected chi connectivity index (χ2v) is 11.0. The lowest BCUT2D eigenvalue weighted by Crippen LogP contribution is -2.59. The van der Waals surface area contributed by atoms with Crippen LogP contribution in [-0.2, 0) is 6.42 Å². The third-order valence-electron chi connectivity index (χ3n) is 8.60. The Morgan fingerprint density at radius 3 is 2.89 bits per heavy atom. The molecule has 0 aromatic heterocycles. The molecule has 5 rings (SSSR count). The molecule has 0 radical (unpaired) electrons. The summed E-state index contributed by atoms with van der Waals surface area (Å²) in [5, 5.41) is 3.32. The summed E-state index contributed by atoms with van der Waals surface area (Å²) in [7, 11) is 0. The largest absolute Gasteiger partial charge is 0.494 e. The third-order valence-corrected chi connectivity index (χ3v) is 8.60. The van der Waals surface area contributed by atoms with Crippen LogP contribution in [0, 0.1) is 5.92 Å². The summed E-state index contributed by atoms with van der Waals surface area (Å²) in [4.78, 5) is 18.4. The van der Waals surface area contributed by atoms with Crippen molar-refractivity contribution < 1.29 is 9.53 Å². The number of nitrogens with zero attached hydrogens (tertiary/aromatic N) is 2. The van der Waals surface area contributed by atoms with E-state index in [1.54, 1.807) is 0 Å². The van der Waals surface area contributed by atoms with Crippen LogP contribution in [0.25, 0.3) is 0 Å². The highest BCUT2D eigenvalue weighted by Crippen LogP contribution is 2.42. The molecule has 5 heteroatoms. The molecular weight excluding hydrogens is 446 g/mol. The Morgan fingerprint density at radius 1 is 1.11 bits per heavy atom. The number of hydrogen-bond acceptors (Lipinski definition) is 3. The van der Waals surface area contributed by atoms with Crippen LogP contribution in [-0.4, -0.2) is 48.1 Å². The molecule has 36 heavy (non-hydrogen) atoms. The van der Waals surface area contributed by atoms with Crippen molar-refractivity contribution in [1.82, 2.24) is 15.1 Å². The van der Waals surface area contributed by atoms with Crippen LogP contribution in [0.15, 0.2) is 48.5 Å². The number of likely N-dealkylation sites (tertiary alicyclic amines) is 1. The van der Waals surface area contributed by atoms with Gasteiger partial charge in [-0.1, -0.05) is 62.6 Å². The van der Waals surface area contributed by atoms with Gasteiger partial charge in [0.25, 0.3) is 0 Å². The molecule has 0 saturated carbocycles. The maximum Gasteiger partial charge on any atom is 0.318 e. The zero-order valence-electron chi connectivity index (χ0n) is 22.1. The van der Waals surface area contributed by atoms with Gasteiger partial charge in [-0.25, -0.2) is 4.79 Å². The van der Waals surface area contributed by atoms with Crippen molar-refractivity contribution in [3.8, 4) is 5.75 Å². The van der Waals surface area contributed by atoms with E-state index in [-0.39, 0.29) is 12.1 Å². The normalized spacial score (nSPS) is 24.3. The number of hydrogen-bond donors (Lipinski definition) is 1. The molecule has 2 fully saturated rings. The summed E-state index contributed by atoms with van der Waals surface area (Å²) in [6.45, 7) is 8.17. The second-order valence-electron chi connectivity index (χ2n) is 11.0. The SMILES string of the molecule is CCCCCCOc1cccc([C@@H](C)NC(=O)N2CCC[C@@H]3CN4CCc5ccccc5[C@@H]4C[C@@H]32)c1. The Balaban J connectivity index is 1.22. The van der Waals surface area contributed by atoms with Crippen LogP contribution >= 0.6 is 0 Å². The van der Waals surface area contributed by atoms with Gasteiger partial charge in [0.1, 0.15) is 5.75 Å². The van der Waals surface area contributed by atoms with E-state index in [1.807, 2.05) is 12.1 Å². The maximum atomic E-state index is 13.6. The van der Waals surface area contributed by atoms with Gasteiger partial charge >= 0.3 is 6.03 Å². The number of urea groups is 1. The summed E-state index contributed by atoms with van der Waals surface area (Å²) in [5.74, 6) is 1.47. The van der Waals surface area contributed by atoms with Crippen molar-refractivity contribution >= 4 is 6.03 Å². The summed E-state index contributed by atoms with van der Waals surface area (Å²) < 4.78 is 5.99. The highest BCUT2D eigenvalue weighted by atomic mass is 16.5. The van der Waals surface area contributed by atoms with Crippen molar-refractivity contribution in [2.45, 2.75) is 83.3 Å². The van der Waals surface area contributed by atoms with Gasteiger partial charge in [-0.2, -0.15) is 0 Å². The van der Waals surface area contributed by atoms with Crippen LogP contribution in [0.4, 0.5) is 4.79 Å². The molecule has 2 saturated heterocycles. The smallest absolute Gasteiger partial charge is 0.318 e. The third kappa shape index (κ3) is 5.56. The minimum absolute atomic E-state index is 0.0583. The lowest BCUT2D eigenvalue weighted by atomic mass is 9.77. The first-order valence-electron chi connectivity index (χ1n) is 14.3. The van der Waals surface area contributed by atoms with E-state index in [4.69, 9.17) is 4.74 Å². The highest BCUT2D eigenvalue weighted by molar-refractivity contribution is 5.75. The van der Waals surface area contributed by atoms with Gasteiger partial charge in [0, 0.05) is 31.7 Å². The van der Waals surface area contributed by atoms with E-state index < -0.39 is 0 Å². The quantitative estimate of drug-likeness (QED) is 0.431. The number of rotatable bonds is 8. The van der Waals surface area contributed by atoms with Gasteiger partial charge < -0.3 is 15.0 Å². The molecule has 2 aromatic carbocycles. The van der Waals surface area contributed by atoms with E-state index in [0.717, 1.165) is 63.2 Å². The zero-order chi connectivity index (χ0) is 24.9. The summed E-state index contributed by atoms with van der Waals surface area (Å²) in [5.41, 5.74) is 4.07. The van der Waals surface area contributed by atoms with Gasteiger partial charge in [-0.05, 0) is 73.8 Å². The van der Waals surface area contributed by atoms with Crippen molar-refractivity contribution in [2.75, 3.05) is 26.2 Å². The van der Waals surface area contributed by atoms with Crippen molar-refractivity contribution in [1.29, 1.82) is 0 Å². The Labute approximate surface area is 217 Å². The van der Waals surface area contributed by atoms with E-state index in [1.165, 1.54) is 36.8 Å². The molecule has 0 spiro atoms. The molecule has 3 aliphatic heterocycles. The number of fused-ring (bicyclic) bond motifs is 4. The fourth-order valence-electron chi connectivity index (χ4n) is 6.59. The number of amides is 2. The monoisotopic (exact) mass is 489 g/mol. The molecule has 3 heterocycles. The van der Waals surface area contributed by atoms with E-state index in [0.29, 0.717) is 18.0 Å². The highest BCUT2D eigenvalue weighted by Gasteiger charge is 2.44. The number of ether oxygens (including phenoxy) is 1. The Morgan fingerprint density at radius 2 is 2.00 bits per heavy atom. The Kier molecular flexibility index (Phi) is 8.15. The Bertz CT molecular complexity index is 1020. The minimum Gasteiger partial charge on any atom is -0.494 e. The molecule has 2 amide bonds. The number of nitrogens with one attached hydrogen (secondary N) is 1. The molecular formula is C31H43N3O2. The second kappa shape index (κ2) is 11.7. The molecule has 5 nitrogen and oxygen atoms in total. The van der Waals surface area contributed by atoms with Crippen LogP contribution in [0.2, 0.25) is 0 Å². The summed E-state index contributed by atoms with van der Waals surface area (Å²) in [6, 6.07) is 17.9. The van der Waals surface area contributed by atoms with Gasteiger partial charge in [-0.15, -0.1) is 0 Å². The molecule has 0 unspecified atom stereocenters. The lowest BCUT2D eigenvalue weighted by Gasteiger charge is -2.52. The average Bonchev–Trinajstić information content (AvgIpc) is 2.91. The molecule has 0 bridgehead atoms. The van der Waals surface area contributed by atoms with Gasteiger partial charge in [-0.3, -0.25) is 4.90 Å². The van der Waals surface area contributed by atoms with E-state index >= 15 is 0 Å². The average molecular weight is 490 g/mol. The van der Waals surface area contributed by atoms with Crippen LogP contribution in [0.3, 0.4) is 0 Å². The van der Waals surface area contributed by atoms with E-state index in [9.17, 15) is 4.79 Å². The molecule has 2 aromatic rings. The van der Waals surface area contributed by atoms with Crippen molar-refractivity contribution in [3.63, 3.8) is 0 Å². The topological polar surface area (TPSA) is 44.8 Å². The van der Waals surface area contributed by atoms with Crippen molar-refractivity contribution in [3.05, 3.63) is 65.2 Å². The fraction of sp³-hybridized carbons (Fsp3) is 0.581. The molecule has 0 aliphatic carbocycles. The standard InChI is InChI=1S/C31H43N3O2/c1-3-4-5-8-19-36-27-14-9-12-25(20-27)23(2)32-31(35)34-17-10-13-26-22-33-18-16-24-11-6-7-15-28(24)30(33)21-29(26)34/h6-7,9,11-12,14-15,20,23,26,29-30H,3-5,8,10,13,16-19,21-22H2,1-2H3,(H,32,35)/t23-,26-,29+,30+/m1/s1. The molecule has 194 valence electrons. The lowest BCUT2D eigenvalue weighted by molar-refractivity contribution is 0.00533. The predicted octanol–water partition coefficient (Wildman–Crippen LogP) is 6.50. The number of unbranched alkanes of at least 4 members (excludes halogenated alkanes) is 3. The summed E-state index contributed by atoms with van der Waals surface area (Å²) >= 11 is 0. The van der Waals surface area contributed by atoms with Gasteiger partial charge in [0.15, 0.2) is 0 Å². The number of piperidine rings is 2. The zero-order valence-corrected chi connectivity index (χ0v) is 22.1. The predicted molar refractivity (Wildman–Crippen MR) is 145 cm³/mol. The van der Waals surface area contributed by atoms with Crippen molar-refractivity contribution in [2.24, 2.45) is 5.92 Å². The fourth-order valence-corrected chi connectivity index (χ4v) is 6.59. The molecule has 3 aliphatic rings. The van der Waals surface area contributed by atoms with Gasteiger partial charge in [0.05, 0.1) is 12.6 Å². The number of benzene rings is 2. The Hall–Kier alpha value is -2.53.